The van der Waals surface area contributed by atoms with Crippen molar-refractivity contribution in [1.29, 1.82) is 0 Å². The summed E-state index contributed by atoms with van der Waals surface area (Å²) >= 11 is 0. The molecule has 0 aromatic rings. The maximum Gasteiger partial charge on any atom is 0.410 e. The van der Waals surface area contributed by atoms with Gasteiger partial charge in [0.15, 0.2) is 0 Å². The molecule has 0 spiro atoms. The van der Waals surface area contributed by atoms with Crippen LogP contribution in [0.25, 0.3) is 0 Å². The number of hydrogen-bond donors (Lipinski definition) is 0. The standard InChI is InChI=1S/C14H25NO5/c1-14(2,3)20-13(18)15(9-6-5-7-11-16)10-8-12(17)19-4/h11H,5-10H2,1-4H3. The first-order chi connectivity index (χ1) is 9.30. The lowest BCUT2D eigenvalue weighted by molar-refractivity contribution is -0.140. The summed E-state index contributed by atoms with van der Waals surface area (Å²) in [5.74, 6) is -0.369. The average molecular weight is 287 g/mol. The first-order valence-corrected chi connectivity index (χ1v) is 6.78. The maximum absolute atomic E-state index is 12.0. The molecule has 0 radical (unpaired) electrons. The predicted molar refractivity (Wildman–Crippen MR) is 74.4 cm³/mol. The van der Waals surface area contributed by atoms with Crippen molar-refractivity contribution in [2.24, 2.45) is 0 Å². The minimum Gasteiger partial charge on any atom is -0.469 e. The number of carbonyl (C=O) groups excluding carboxylic acids is 3. The van der Waals surface area contributed by atoms with E-state index in [0.29, 0.717) is 25.8 Å². The van der Waals surface area contributed by atoms with Gasteiger partial charge in [0.05, 0.1) is 13.5 Å². The summed E-state index contributed by atoms with van der Waals surface area (Å²) in [4.78, 5) is 34.9. The van der Waals surface area contributed by atoms with Gasteiger partial charge in [0.2, 0.25) is 0 Å². The molecule has 0 aromatic heterocycles. The van der Waals surface area contributed by atoms with Crippen LogP contribution in [0.2, 0.25) is 0 Å². The van der Waals surface area contributed by atoms with Gasteiger partial charge < -0.3 is 19.2 Å². The van der Waals surface area contributed by atoms with Crippen LogP contribution in [0, 0.1) is 0 Å². The smallest absolute Gasteiger partial charge is 0.410 e. The van der Waals surface area contributed by atoms with Crippen LogP contribution in [-0.2, 0) is 19.1 Å². The number of nitrogens with zero attached hydrogens (tertiary/aromatic N) is 1. The highest BCUT2D eigenvalue weighted by atomic mass is 16.6. The van der Waals surface area contributed by atoms with Crippen LogP contribution >= 0.6 is 0 Å². The topological polar surface area (TPSA) is 72.9 Å². The minimum absolute atomic E-state index is 0.128. The first-order valence-electron chi connectivity index (χ1n) is 6.78. The summed E-state index contributed by atoms with van der Waals surface area (Å²) in [5, 5.41) is 0. The van der Waals surface area contributed by atoms with Gasteiger partial charge in [0.25, 0.3) is 0 Å². The van der Waals surface area contributed by atoms with E-state index in [1.54, 1.807) is 20.8 Å². The summed E-state index contributed by atoms with van der Waals surface area (Å²) in [7, 11) is 1.31. The summed E-state index contributed by atoms with van der Waals surface area (Å²) in [6.07, 6.45) is 2.40. The monoisotopic (exact) mass is 287 g/mol. The summed E-state index contributed by atoms with van der Waals surface area (Å²) in [5.41, 5.74) is -0.580. The first kappa shape index (κ1) is 18.4. The Morgan fingerprint density at radius 2 is 1.80 bits per heavy atom. The Morgan fingerprint density at radius 1 is 1.15 bits per heavy atom. The number of ether oxygens (including phenoxy) is 2. The Hall–Kier alpha value is -1.59. The van der Waals surface area contributed by atoms with E-state index in [9.17, 15) is 14.4 Å². The number of unbranched alkanes of at least 4 members (excludes halogenated alkanes) is 2. The molecular weight excluding hydrogens is 262 g/mol. The van der Waals surface area contributed by atoms with Gasteiger partial charge in [0, 0.05) is 19.5 Å². The van der Waals surface area contributed by atoms with Crippen LogP contribution < -0.4 is 0 Å². The molecule has 1 amide bonds. The number of carbonyl (C=O) groups is 3. The molecular formula is C14H25NO5. The van der Waals surface area contributed by atoms with E-state index in [0.717, 1.165) is 6.29 Å². The van der Waals surface area contributed by atoms with Crippen LogP contribution in [0.15, 0.2) is 0 Å². The van der Waals surface area contributed by atoms with Crippen molar-refractivity contribution in [1.82, 2.24) is 4.90 Å². The lowest BCUT2D eigenvalue weighted by Gasteiger charge is -2.27. The lowest BCUT2D eigenvalue weighted by atomic mass is 10.2. The van der Waals surface area contributed by atoms with Crippen LogP contribution in [-0.4, -0.2) is 49.0 Å². The van der Waals surface area contributed by atoms with Crippen LogP contribution in [0.5, 0.6) is 0 Å². The molecule has 0 aliphatic carbocycles. The molecule has 0 aromatic carbocycles. The van der Waals surface area contributed by atoms with E-state index in [-0.39, 0.29) is 18.9 Å². The van der Waals surface area contributed by atoms with Crippen molar-refractivity contribution in [3.05, 3.63) is 0 Å². The van der Waals surface area contributed by atoms with Gasteiger partial charge >= 0.3 is 12.1 Å². The number of esters is 1. The van der Waals surface area contributed by atoms with Crippen molar-refractivity contribution >= 4 is 18.3 Å². The fourth-order valence-electron chi connectivity index (χ4n) is 1.48. The number of methoxy groups -OCH3 is 1. The van der Waals surface area contributed by atoms with E-state index < -0.39 is 11.7 Å². The SMILES string of the molecule is COC(=O)CCN(CCCCC=O)C(=O)OC(C)(C)C. The van der Waals surface area contributed by atoms with Crippen molar-refractivity contribution in [2.75, 3.05) is 20.2 Å². The third-order valence-corrected chi connectivity index (χ3v) is 2.47. The van der Waals surface area contributed by atoms with Gasteiger partial charge in [-0.25, -0.2) is 4.79 Å². The zero-order valence-corrected chi connectivity index (χ0v) is 12.8. The van der Waals surface area contributed by atoms with E-state index in [1.165, 1.54) is 12.0 Å². The second kappa shape index (κ2) is 9.34. The fourth-order valence-corrected chi connectivity index (χ4v) is 1.48. The summed E-state index contributed by atoms with van der Waals surface area (Å²) in [6, 6.07) is 0. The van der Waals surface area contributed by atoms with E-state index >= 15 is 0 Å². The maximum atomic E-state index is 12.0. The molecule has 0 aliphatic heterocycles. The second-order valence-electron chi connectivity index (χ2n) is 5.46. The third-order valence-electron chi connectivity index (χ3n) is 2.47. The van der Waals surface area contributed by atoms with Gasteiger partial charge in [-0.3, -0.25) is 4.79 Å². The van der Waals surface area contributed by atoms with E-state index in [4.69, 9.17) is 4.74 Å². The van der Waals surface area contributed by atoms with Gasteiger partial charge in [-0.05, 0) is 33.6 Å². The summed E-state index contributed by atoms with van der Waals surface area (Å²) < 4.78 is 9.85. The Morgan fingerprint density at radius 3 is 2.30 bits per heavy atom. The second-order valence-corrected chi connectivity index (χ2v) is 5.46. The summed E-state index contributed by atoms with van der Waals surface area (Å²) in [6.45, 7) is 6.07. The van der Waals surface area contributed by atoms with Crippen molar-refractivity contribution in [3.63, 3.8) is 0 Å². The quantitative estimate of drug-likeness (QED) is 0.388. The minimum atomic E-state index is -0.580. The Bertz CT molecular complexity index is 322. The molecule has 6 nitrogen and oxygen atoms in total. The highest BCUT2D eigenvalue weighted by Gasteiger charge is 2.22. The highest BCUT2D eigenvalue weighted by molar-refractivity contribution is 5.72. The molecule has 0 rings (SSSR count). The molecule has 116 valence electrons. The van der Waals surface area contributed by atoms with Crippen LogP contribution in [0.4, 0.5) is 4.79 Å². The number of rotatable bonds is 8. The van der Waals surface area contributed by atoms with Gasteiger partial charge in [-0.1, -0.05) is 0 Å². The number of amides is 1. The molecule has 0 aliphatic rings. The molecule has 0 fully saturated rings. The van der Waals surface area contributed by atoms with Crippen LogP contribution in [0.3, 0.4) is 0 Å². The molecule has 0 heterocycles. The van der Waals surface area contributed by atoms with E-state index in [2.05, 4.69) is 4.74 Å². The van der Waals surface area contributed by atoms with E-state index in [1.807, 2.05) is 0 Å². The molecule has 0 atom stereocenters. The van der Waals surface area contributed by atoms with Gasteiger partial charge in [-0.15, -0.1) is 0 Å². The molecule has 0 saturated carbocycles. The Labute approximate surface area is 120 Å². The largest absolute Gasteiger partial charge is 0.469 e. The predicted octanol–water partition coefficient (Wildman–Crippen LogP) is 2.16. The molecule has 6 heteroatoms. The van der Waals surface area contributed by atoms with Crippen LogP contribution in [0.1, 0.15) is 46.5 Å². The molecule has 0 bridgehead atoms. The molecule has 20 heavy (non-hydrogen) atoms. The van der Waals surface area contributed by atoms with Crippen molar-refractivity contribution in [2.45, 2.75) is 52.1 Å². The lowest BCUT2D eigenvalue weighted by Crippen LogP contribution is -2.38. The number of aldehydes is 1. The average Bonchev–Trinajstić information content (AvgIpc) is 2.35. The number of hydrogen-bond acceptors (Lipinski definition) is 5. The van der Waals surface area contributed by atoms with Crippen molar-refractivity contribution in [3.8, 4) is 0 Å². The van der Waals surface area contributed by atoms with Gasteiger partial charge in [-0.2, -0.15) is 0 Å². The normalized spacial score (nSPS) is 10.8. The fraction of sp³-hybridized carbons (Fsp3) is 0.786. The van der Waals surface area contributed by atoms with Gasteiger partial charge in [0.1, 0.15) is 11.9 Å². The molecule has 0 N–H and O–H groups in total. The molecule has 0 saturated heterocycles. The Kier molecular flexibility index (Phi) is 8.59. The zero-order chi connectivity index (χ0) is 15.6. The Balaban J connectivity index is 4.40. The molecule has 0 unspecified atom stereocenters. The highest BCUT2D eigenvalue weighted by Crippen LogP contribution is 2.11. The van der Waals surface area contributed by atoms with Crippen molar-refractivity contribution < 1.29 is 23.9 Å². The third kappa shape index (κ3) is 9.35. The zero-order valence-electron chi connectivity index (χ0n) is 12.8.